The van der Waals surface area contributed by atoms with Crippen LogP contribution < -0.4 is 11.0 Å². The van der Waals surface area contributed by atoms with Crippen molar-refractivity contribution in [1.29, 1.82) is 0 Å². The van der Waals surface area contributed by atoms with E-state index in [1.807, 2.05) is 36.6 Å². The molecule has 1 saturated carbocycles. The molecule has 7 nitrogen and oxygen atoms in total. The lowest BCUT2D eigenvalue weighted by atomic mass is 9.86. The van der Waals surface area contributed by atoms with E-state index in [1.54, 1.807) is 28.3 Å². The molecule has 1 fully saturated rings. The number of hydrogen-bond donors (Lipinski definition) is 1. The normalized spacial score (nSPS) is 19.7. The summed E-state index contributed by atoms with van der Waals surface area (Å²) >= 11 is 1.67. The van der Waals surface area contributed by atoms with Crippen molar-refractivity contribution in [2.45, 2.75) is 44.8 Å². The average Bonchev–Trinajstić information content (AvgIpc) is 3.15. The second-order valence-electron chi connectivity index (χ2n) is 7.27. The molecule has 3 aromatic heterocycles. The number of thiazole rings is 1. The van der Waals surface area contributed by atoms with Crippen LogP contribution in [0.4, 0.5) is 5.13 Å². The lowest BCUT2D eigenvalue weighted by molar-refractivity contribution is 0.279. The maximum atomic E-state index is 13.0. The summed E-state index contributed by atoms with van der Waals surface area (Å²) in [7, 11) is 0. The molecule has 0 aliphatic heterocycles. The Bertz CT molecular complexity index is 1150. The molecule has 5 rings (SSSR count). The van der Waals surface area contributed by atoms with Crippen molar-refractivity contribution in [2.75, 3.05) is 5.32 Å². The minimum atomic E-state index is -0.0189. The number of anilines is 1. The molecule has 8 heteroatoms. The second-order valence-corrected chi connectivity index (χ2v) is 8.30. The Morgan fingerprint density at radius 2 is 1.89 bits per heavy atom. The highest BCUT2D eigenvalue weighted by Gasteiger charge is 2.35. The van der Waals surface area contributed by atoms with Crippen LogP contribution >= 0.6 is 11.3 Å². The Morgan fingerprint density at radius 3 is 2.63 bits per heavy atom. The molecule has 0 bridgehead atoms. The van der Waals surface area contributed by atoms with E-state index in [9.17, 15) is 4.79 Å². The molecular weight excluding hydrogens is 360 g/mol. The Hall–Kier alpha value is -2.74. The third-order valence-electron chi connectivity index (χ3n) is 5.15. The van der Waals surface area contributed by atoms with E-state index in [0.717, 1.165) is 23.5 Å². The molecule has 0 saturated heterocycles. The first-order valence-electron chi connectivity index (χ1n) is 9.17. The van der Waals surface area contributed by atoms with Crippen LogP contribution in [-0.4, -0.2) is 30.1 Å². The molecule has 0 spiro atoms. The number of nitrogens with zero attached hydrogens (tertiary/aromatic N) is 5. The van der Waals surface area contributed by atoms with E-state index in [1.165, 1.54) is 4.70 Å². The van der Waals surface area contributed by atoms with E-state index in [-0.39, 0.29) is 17.8 Å². The zero-order chi connectivity index (χ0) is 18.5. The minimum absolute atomic E-state index is 0.0189. The summed E-state index contributed by atoms with van der Waals surface area (Å²) in [5.41, 5.74) is 2.35. The molecular formula is C19H20N6OS. The summed E-state index contributed by atoms with van der Waals surface area (Å²) in [6.45, 7) is 4.00. The van der Waals surface area contributed by atoms with Gasteiger partial charge in [-0.15, -0.1) is 0 Å². The molecule has 1 N–H and O–H groups in total. The Balaban J connectivity index is 1.39. The number of fused-ring (bicyclic) bond motifs is 2. The summed E-state index contributed by atoms with van der Waals surface area (Å²) in [6.07, 6.45) is 5.05. The van der Waals surface area contributed by atoms with Gasteiger partial charge in [-0.25, -0.2) is 19.7 Å². The predicted molar refractivity (Wildman–Crippen MR) is 107 cm³/mol. The molecule has 4 aromatic rings. The van der Waals surface area contributed by atoms with Gasteiger partial charge in [0.15, 0.2) is 16.4 Å². The molecule has 27 heavy (non-hydrogen) atoms. The van der Waals surface area contributed by atoms with Gasteiger partial charge in [0, 0.05) is 30.5 Å². The molecule has 1 aliphatic carbocycles. The van der Waals surface area contributed by atoms with Crippen LogP contribution in [-0.2, 0) is 0 Å². The van der Waals surface area contributed by atoms with Crippen LogP contribution in [0.15, 0.2) is 41.5 Å². The van der Waals surface area contributed by atoms with Crippen LogP contribution in [0.3, 0.4) is 0 Å². The fraction of sp³-hybridized carbons (Fsp3) is 0.368. The van der Waals surface area contributed by atoms with Gasteiger partial charge in [0.05, 0.1) is 10.2 Å². The van der Waals surface area contributed by atoms with Crippen molar-refractivity contribution in [2.24, 2.45) is 0 Å². The van der Waals surface area contributed by atoms with Crippen molar-refractivity contribution < 1.29 is 0 Å². The van der Waals surface area contributed by atoms with E-state index < -0.39 is 0 Å². The number of benzene rings is 1. The van der Waals surface area contributed by atoms with E-state index in [2.05, 4.69) is 26.3 Å². The Kier molecular flexibility index (Phi) is 3.75. The maximum absolute atomic E-state index is 13.0. The molecule has 1 aliphatic rings. The first-order chi connectivity index (χ1) is 13.1. The SMILES string of the molecule is CC(C)n1c(=O)n(C2CC(Nc3nc4ccccc4s3)C2)c2nccnc21. The highest BCUT2D eigenvalue weighted by Crippen LogP contribution is 2.36. The molecule has 0 radical (unpaired) electrons. The third kappa shape index (κ3) is 2.63. The largest absolute Gasteiger partial charge is 0.359 e. The monoisotopic (exact) mass is 380 g/mol. The first-order valence-corrected chi connectivity index (χ1v) is 9.99. The fourth-order valence-corrected chi connectivity index (χ4v) is 4.72. The lowest BCUT2D eigenvalue weighted by Crippen LogP contribution is -2.41. The maximum Gasteiger partial charge on any atom is 0.332 e. The van der Waals surface area contributed by atoms with Gasteiger partial charge in [-0.1, -0.05) is 23.5 Å². The van der Waals surface area contributed by atoms with Gasteiger partial charge in [-0.05, 0) is 38.8 Å². The minimum Gasteiger partial charge on any atom is -0.359 e. The van der Waals surface area contributed by atoms with Gasteiger partial charge in [-0.3, -0.25) is 9.13 Å². The highest BCUT2D eigenvalue weighted by molar-refractivity contribution is 7.22. The van der Waals surface area contributed by atoms with E-state index >= 15 is 0 Å². The van der Waals surface area contributed by atoms with Crippen molar-refractivity contribution in [1.82, 2.24) is 24.1 Å². The summed E-state index contributed by atoms with van der Waals surface area (Å²) in [4.78, 5) is 26.4. The van der Waals surface area contributed by atoms with Crippen LogP contribution in [0.5, 0.6) is 0 Å². The van der Waals surface area contributed by atoms with Gasteiger partial charge in [0.2, 0.25) is 0 Å². The van der Waals surface area contributed by atoms with Crippen molar-refractivity contribution in [3.05, 3.63) is 47.1 Å². The predicted octanol–water partition coefficient (Wildman–Crippen LogP) is 3.60. The quantitative estimate of drug-likeness (QED) is 0.585. The van der Waals surface area contributed by atoms with Crippen LogP contribution in [0.25, 0.3) is 21.5 Å². The van der Waals surface area contributed by atoms with Crippen LogP contribution in [0.2, 0.25) is 0 Å². The topological polar surface area (TPSA) is 77.6 Å². The molecule has 0 unspecified atom stereocenters. The molecule has 3 heterocycles. The fourth-order valence-electron chi connectivity index (χ4n) is 3.78. The van der Waals surface area contributed by atoms with E-state index in [0.29, 0.717) is 17.3 Å². The Labute approximate surface area is 159 Å². The summed E-state index contributed by atoms with van der Waals surface area (Å²) in [5.74, 6) is 0. The summed E-state index contributed by atoms with van der Waals surface area (Å²) in [6, 6.07) is 8.65. The molecule has 0 amide bonds. The zero-order valence-corrected chi connectivity index (χ0v) is 16.0. The number of nitrogens with one attached hydrogen (secondary N) is 1. The van der Waals surface area contributed by atoms with E-state index in [4.69, 9.17) is 0 Å². The molecule has 0 atom stereocenters. The number of rotatable bonds is 4. The van der Waals surface area contributed by atoms with Gasteiger partial charge >= 0.3 is 5.69 Å². The number of aromatic nitrogens is 5. The van der Waals surface area contributed by atoms with Crippen molar-refractivity contribution in [3.63, 3.8) is 0 Å². The third-order valence-corrected chi connectivity index (χ3v) is 6.11. The Morgan fingerprint density at radius 1 is 1.15 bits per heavy atom. The summed E-state index contributed by atoms with van der Waals surface area (Å²) in [5, 5.41) is 4.45. The van der Waals surface area contributed by atoms with Crippen molar-refractivity contribution >= 4 is 38.0 Å². The standard InChI is InChI=1S/C19H20N6OS/c1-11(2)24-16-17(21-8-7-20-16)25(19(24)26)13-9-12(10-13)22-18-23-14-5-3-4-6-15(14)27-18/h3-8,11-13H,9-10H2,1-2H3,(H,22,23). The molecule has 138 valence electrons. The van der Waals surface area contributed by atoms with Gasteiger partial charge < -0.3 is 5.32 Å². The van der Waals surface area contributed by atoms with Crippen LogP contribution in [0.1, 0.15) is 38.8 Å². The smallest absolute Gasteiger partial charge is 0.332 e. The number of imidazole rings is 1. The van der Waals surface area contributed by atoms with Crippen molar-refractivity contribution in [3.8, 4) is 0 Å². The van der Waals surface area contributed by atoms with Crippen LogP contribution in [0, 0.1) is 0 Å². The zero-order valence-electron chi connectivity index (χ0n) is 15.2. The van der Waals surface area contributed by atoms with Gasteiger partial charge in [-0.2, -0.15) is 0 Å². The first kappa shape index (κ1) is 16.4. The summed E-state index contributed by atoms with van der Waals surface area (Å²) < 4.78 is 4.73. The second kappa shape index (κ2) is 6.16. The number of para-hydroxylation sites is 1. The average molecular weight is 380 g/mol. The van der Waals surface area contributed by atoms with Gasteiger partial charge in [0.1, 0.15) is 0 Å². The van der Waals surface area contributed by atoms with Gasteiger partial charge in [0.25, 0.3) is 0 Å². The molecule has 1 aromatic carbocycles. The number of hydrogen-bond acceptors (Lipinski definition) is 6. The highest BCUT2D eigenvalue weighted by atomic mass is 32.1. The lowest BCUT2D eigenvalue weighted by Gasteiger charge is -2.36.